The van der Waals surface area contributed by atoms with Crippen LogP contribution in [0.4, 0.5) is 9.59 Å². The summed E-state index contributed by atoms with van der Waals surface area (Å²) in [6, 6.07) is 18.2. The molecule has 0 aliphatic carbocycles. The molecule has 124 heavy (non-hydrogen) atoms. The summed E-state index contributed by atoms with van der Waals surface area (Å²) in [7, 11) is 7.23. The van der Waals surface area contributed by atoms with E-state index in [1.54, 1.807) is 37.7 Å². The van der Waals surface area contributed by atoms with Gasteiger partial charge >= 0.3 is 24.1 Å². The molecule has 2 amide bonds. The number of phenols is 2. The van der Waals surface area contributed by atoms with Gasteiger partial charge in [-0.1, -0.05) is 73.8 Å². The zero-order valence-electron chi connectivity index (χ0n) is 69.9. The molecule has 35 heteroatoms. The van der Waals surface area contributed by atoms with Crippen LogP contribution in [-0.2, 0) is 87.7 Å². The van der Waals surface area contributed by atoms with E-state index < -0.39 is 70.7 Å². The van der Waals surface area contributed by atoms with Crippen molar-refractivity contribution in [3.63, 3.8) is 0 Å². The van der Waals surface area contributed by atoms with E-state index in [0.717, 1.165) is 122 Å². The SMILES string of the molecule is C=CCOC(=O)NC[C@H]1Cc2c([nH]c3ccccc23)[C@@]2(CS[C@@H]3c4c(C)c(C)c5c(c4[C@H](COC2=O)N2[C@@H]3[C@H]3c4c(cc(C)c(OC)c4O)C[C@@H]([C@@H]2C#N)N3C)OCO5)N1.C=CCOC(=O)NC[C@H]1Cc2c([nH]c3ccccc23)[C@@]2(CS[C@@H]3c4c(C)c(C)c5c(c4[C@H](COC2=O)N2[C@@H]3[C@H]3c4c(cc(C)c(OC)c4O)C[C@@H]([C@@H]2O)N3C)OCO5)N1.O=[N+]([O-])O.[Ag]. The number of hydrogen-bond donors (Lipinski definition) is 10. The Balaban J connectivity index is 0.000000167. The fourth-order valence-corrected chi connectivity index (χ4v) is 25.7. The number of aromatic amines is 2. The van der Waals surface area contributed by atoms with Crippen LogP contribution < -0.4 is 49.7 Å². The van der Waals surface area contributed by atoms with Gasteiger partial charge in [0.15, 0.2) is 57.1 Å². The number of benzene rings is 6. The van der Waals surface area contributed by atoms with Gasteiger partial charge in [-0.25, -0.2) is 19.2 Å². The van der Waals surface area contributed by atoms with Crippen molar-refractivity contribution in [2.45, 2.75) is 161 Å². The number of H-pyrrole nitrogens is 2. The van der Waals surface area contributed by atoms with Crippen molar-refractivity contribution in [2.24, 2.45) is 0 Å². The number of aliphatic hydroxyl groups excluding tert-OH is 1. The molecule has 16 heterocycles. The van der Waals surface area contributed by atoms with Crippen LogP contribution >= 0.6 is 23.5 Å². The zero-order valence-corrected chi connectivity index (χ0v) is 73.1. The Labute approximate surface area is 738 Å². The van der Waals surface area contributed by atoms with Gasteiger partial charge in [-0.3, -0.25) is 30.2 Å². The van der Waals surface area contributed by atoms with Gasteiger partial charge in [-0.2, -0.15) is 5.26 Å². The Hall–Kier alpha value is -10.4. The number of hydrogen-bond acceptors (Lipinski definition) is 28. The maximum atomic E-state index is 15.3. The number of aromatic hydroxyl groups is 2. The van der Waals surface area contributed by atoms with E-state index in [-0.39, 0.29) is 151 Å². The molecule has 6 aromatic carbocycles. The number of para-hydroxylation sites is 2. The number of thioether (sulfide) groups is 2. The summed E-state index contributed by atoms with van der Waals surface area (Å²) in [5.41, 5.74) is 15.5. The number of carbonyl (C=O) groups is 4. The summed E-state index contributed by atoms with van der Waals surface area (Å²) < 4.78 is 60.1. The van der Waals surface area contributed by atoms with Crippen LogP contribution in [0.5, 0.6) is 46.0 Å². The van der Waals surface area contributed by atoms with Gasteiger partial charge in [0.05, 0.1) is 61.9 Å². The van der Waals surface area contributed by atoms with Crippen LogP contribution in [-0.4, -0.2) is 221 Å². The van der Waals surface area contributed by atoms with Crippen LogP contribution in [0.25, 0.3) is 21.8 Å². The third-order valence-electron chi connectivity index (χ3n) is 27.5. The number of nitrogens with one attached hydrogen (secondary N) is 6. The van der Waals surface area contributed by atoms with Gasteiger partial charge in [0, 0.05) is 132 Å². The Morgan fingerprint density at radius 2 is 1.04 bits per heavy atom. The fourth-order valence-electron chi connectivity index (χ4n) is 22.3. The van der Waals surface area contributed by atoms with E-state index in [1.165, 1.54) is 12.2 Å². The Morgan fingerprint density at radius 1 is 0.629 bits per heavy atom. The van der Waals surface area contributed by atoms with E-state index in [2.05, 4.69) is 115 Å². The minimum Gasteiger partial charge on any atom is -0.504 e. The maximum absolute atomic E-state index is 15.3. The number of ether oxygens (including phenoxy) is 10. The molecule has 2 spiro atoms. The number of esters is 2. The van der Waals surface area contributed by atoms with E-state index in [0.29, 0.717) is 60.2 Å². The van der Waals surface area contributed by atoms with Crippen molar-refractivity contribution in [3.8, 4) is 52.1 Å². The molecule has 657 valence electrons. The first-order valence-electron chi connectivity index (χ1n) is 41.1. The first kappa shape index (κ1) is 85.8. The number of aromatic nitrogens is 2. The third kappa shape index (κ3) is 13.4. The average molecular weight is 1830 g/mol. The number of aryl methyl sites for hydroxylation is 2. The van der Waals surface area contributed by atoms with E-state index in [4.69, 9.17) is 62.7 Å². The van der Waals surface area contributed by atoms with Crippen LogP contribution in [0.3, 0.4) is 0 Å². The number of rotatable bonds is 10. The van der Waals surface area contributed by atoms with Crippen molar-refractivity contribution < 1.29 is 115 Å². The standard InChI is InChI=1S/C45H48N6O8S.C44H49N5O9S.Ag.HNO3/c1-7-12-56-44(54)47-17-25-15-27-26-10-8-9-11-28(26)48-42(27)45(49-25)19-60-41-32-22(3)23(4)39-40(59-20-58-39)34(32)31(18-57-43(45)53)51-30(16-46)29-14-24-13-21(2)38(55-6)37(52)33(24)35(36(41)51)50(29)5;1-7-12-55-43(53)45-16-24-15-26-25-10-8-9-11-27(25)46-40(26)44(47-24)18-59-39-30-21(3)22(4)37-38(58-19-57-37)32(30)29(17-56-42(44)52)49-34(39)33-31-23(14-28(41(49)51)48(33)5)13-20(2)36(54-6)35(31)50;;2-1(3)4/h7-11,13,25,29-31,35-36,41,48-49,52H,1,12,14-15,17-20H2,2-6H3,(H,47,54);7-11,13,24,28-29,33-34,39,41,46-47,50-51H,1,12,14-19H2,2-6H3,(H,45,53);;(H,2,3,4)/t25-,29+,30+,31+,35-,36-,41-,45-;24-,28+,29+,33-,34-,39-,41+,44-;;/m11../s1. The molecule has 0 unspecified atom stereocenters. The molecule has 2 aromatic heterocycles. The first-order chi connectivity index (χ1) is 59.2. The van der Waals surface area contributed by atoms with Crippen molar-refractivity contribution >= 4 is 69.5 Å². The summed E-state index contributed by atoms with van der Waals surface area (Å²) in [6.07, 6.45) is 3.01. The number of likely N-dealkylation sites (N-methyl/N-ethyl adjacent to an activating group) is 2. The van der Waals surface area contributed by atoms with Crippen molar-refractivity contribution in [3.05, 3.63) is 196 Å². The molecular weight excluding hydrogens is 1730 g/mol. The van der Waals surface area contributed by atoms with E-state index in [1.807, 2.05) is 71.1 Å². The molecule has 4 saturated heterocycles. The smallest absolute Gasteiger partial charge is 0.407 e. The Kier molecular flexibility index (Phi) is 22.9. The van der Waals surface area contributed by atoms with Gasteiger partial charge in [-0.15, -0.1) is 33.6 Å². The molecule has 14 aliphatic rings. The Bertz CT molecular complexity index is 5780. The number of nitriles is 1. The molecule has 16 atom stereocenters. The molecule has 1 radical (unpaired) electrons. The number of carbonyl (C=O) groups excluding carboxylic acids is 4. The number of methoxy groups -OCH3 is 2. The molecule has 32 nitrogen and oxygen atoms in total. The quantitative estimate of drug-likeness (QED) is 0.0152. The summed E-state index contributed by atoms with van der Waals surface area (Å²) >= 11 is 3.26. The third-order valence-corrected chi connectivity index (χ3v) is 30.5. The maximum Gasteiger partial charge on any atom is 0.407 e. The van der Waals surface area contributed by atoms with Gasteiger partial charge in [0.2, 0.25) is 13.6 Å². The summed E-state index contributed by atoms with van der Waals surface area (Å²) in [6.45, 7) is 19.9. The molecule has 8 bridgehead atoms. The molecule has 8 aromatic rings. The van der Waals surface area contributed by atoms with Crippen LogP contribution in [0, 0.1) is 63.0 Å². The number of piperazine rings is 2. The largest absolute Gasteiger partial charge is 0.504 e. The summed E-state index contributed by atoms with van der Waals surface area (Å²) in [5, 5.41) is 76.2. The molecule has 10 N–H and O–H groups in total. The number of alkyl carbamates (subject to hydrolysis) is 2. The van der Waals surface area contributed by atoms with Gasteiger partial charge in [0.25, 0.3) is 5.09 Å². The fraction of sp³-hybridized carbons (Fsp3) is 0.449. The zero-order chi connectivity index (χ0) is 86.4. The molecule has 4 fully saturated rings. The molecular formula is C89H98AgN12O20S2. The van der Waals surface area contributed by atoms with E-state index >= 15 is 9.59 Å². The monoisotopic (exact) mass is 1830 g/mol. The van der Waals surface area contributed by atoms with Gasteiger partial charge in [-0.05, 0) is 160 Å². The van der Waals surface area contributed by atoms with Crippen molar-refractivity contribution in [1.29, 1.82) is 5.26 Å². The molecule has 14 aliphatic heterocycles. The van der Waals surface area contributed by atoms with Crippen LogP contribution in [0.1, 0.15) is 135 Å². The number of fused-ring (bicyclic) bond motifs is 22. The number of nitrogens with zero attached hydrogens (tertiary/aromatic N) is 6. The predicted octanol–water partition coefficient (Wildman–Crippen LogP) is 9.91. The van der Waals surface area contributed by atoms with Crippen molar-refractivity contribution in [2.75, 3.05) is 92.9 Å². The minimum absolute atomic E-state index is 0. The second-order valence-corrected chi connectivity index (χ2v) is 35.9. The number of phenolic OH excluding ortho intramolecular Hbond substituents is 2. The van der Waals surface area contributed by atoms with Crippen LogP contribution in [0.15, 0.2) is 86.0 Å². The van der Waals surface area contributed by atoms with Gasteiger partial charge in [0.1, 0.15) is 38.7 Å². The molecule has 0 saturated carbocycles. The number of amides is 2. The topological polar surface area (TPSA) is 401 Å². The minimum atomic E-state index is -1.50. The second-order valence-electron chi connectivity index (χ2n) is 33.6. The summed E-state index contributed by atoms with van der Waals surface area (Å²) in [4.78, 5) is 80.3. The second kappa shape index (κ2) is 33.2. The van der Waals surface area contributed by atoms with Gasteiger partial charge < -0.3 is 88.5 Å². The average Bonchev–Trinajstić information content (AvgIpc) is 1.20. The first-order valence-corrected chi connectivity index (χ1v) is 43.2. The Morgan fingerprint density at radius 3 is 1.48 bits per heavy atom. The van der Waals surface area contributed by atoms with Crippen molar-refractivity contribution in [1.82, 2.24) is 50.8 Å². The summed E-state index contributed by atoms with van der Waals surface area (Å²) in [5.74, 6) is 3.17. The van der Waals surface area contributed by atoms with E-state index in [9.17, 15) is 30.2 Å². The molecule has 22 rings (SSSR count). The van der Waals surface area contributed by atoms with Crippen LogP contribution in [0.2, 0.25) is 0 Å². The number of aliphatic hydroxyl groups is 1. The predicted molar refractivity (Wildman–Crippen MR) is 452 cm³/mol. The normalized spacial score (nSPS) is 28.0.